The third-order valence-corrected chi connectivity index (χ3v) is 2.39. The third kappa shape index (κ3) is 3.46. The molecule has 1 atom stereocenters. The molecular weight excluding hydrogens is 212 g/mol. The zero-order valence-corrected chi connectivity index (χ0v) is 10.2. The van der Waals surface area contributed by atoms with Crippen molar-refractivity contribution in [1.29, 1.82) is 5.26 Å². The fourth-order valence-corrected chi connectivity index (χ4v) is 1.62. The lowest BCUT2D eigenvalue weighted by atomic mass is 9.99. The Hall–Kier alpha value is -2.08. The van der Waals surface area contributed by atoms with Gasteiger partial charge in [-0.2, -0.15) is 5.26 Å². The molecule has 0 aliphatic rings. The van der Waals surface area contributed by atoms with E-state index in [1.54, 1.807) is 19.2 Å². The third-order valence-electron chi connectivity index (χ3n) is 2.39. The van der Waals surface area contributed by atoms with E-state index in [1.165, 1.54) is 4.90 Å². The number of amides is 1. The van der Waals surface area contributed by atoms with Crippen LogP contribution in [0, 0.1) is 11.3 Å². The molecule has 1 aromatic carbocycles. The van der Waals surface area contributed by atoms with E-state index in [9.17, 15) is 4.79 Å². The minimum atomic E-state index is -0.736. The van der Waals surface area contributed by atoms with E-state index < -0.39 is 5.92 Å². The van der Waals surface area contributed by atoms with Crippen molar-refractivity contribution in [2.75, 3.05) is 13.6 Å². The summed E-state index contributed by atoms with van der Waals surface area (Å²) in [6.07, 6.45) is 0. The number of carbonyl (C=O) groups is 1. The first-order chi connectivity index (χ1) is 8.06. The van der Waals surface area contributed by atoms with Crippen LogP contribution in [0.3, 0.4) is 0 Å². The Labute approximate surface area is 102 Å². The molecule has 88 valence electrons. The first-order valence-corrected chi connectivity index (χ1v) is 5.40. The van der Waals surface area contributed by atoms with Crippen molar-refractivity contribution >= 4 is 5.91 Å². The van der Waals surface area contributed by atoms with Gasteiger partial charge in [-0.3, -0.25) is 4.79 Å². The molecule has 1 unspecified atom stereocenters. The average molecular weight is 228 g/mol. The van der Waals surface area contributed by atoms with Crippen LogP contribution in [-0.4, -0.2) is 24.4 Å². The Balaban J connectivity index is 2.86. The van der Waals surface area contributed by atoms with Crippen LogP contribution < -0.4 is 0 Å². The number of hydrogen-bond donors (Lipinski definition) is 0. The van der Waals surface area contributed by atoms with E-state index in [-0.39, 0.29) is 5.91 Å². The van der Waals surface area contributed by atoms with Gasteiger partial charge in [-0.15, -0.1) is 0 Å². The summed E-state index contributed by atoms with van der Waals surface area (Å²) in [5.74, 6) is -0.928. The predicted molar refractivity (Wildman–Crippen MR) is 67.2 cm³/mol. The van der Waals surface area contributed by atoms with E-state index in [0.717, 1.165) is 11.1 Å². The normalized spacial score (nSPS) is 11.4. The van der Waals surface area contributed by atoms with Gasteiger partial charge in [0.1, 0.15) is 5.92 Å². The second-order valence-corrected chi connectivity index (χ2v) is 4.12. The summed E-state index contributed by atoms with van der Waals surface area (Å²) >= 11 is 0. The largest absolute Gasteiger partial charge is 0.340 e. The molecule has 0 spiro atoms. The van der Waals surface area contributed by atoms with E-state index >= 15 is 0 Å². The lowest BCUT2D eigenvalue weighted by Gasteiger charge is -2.20. The van der Waals surface area contributed by atoms with Crippen LogP contribution in [0.25, 0.3) is 0 Å². The van der Waals surface area contributed by atoms with Gasteiger partial charge >= 0.3 is 0 Å². The van der Waals surface area contributed by atoms with Crippen molar-refractivity contribution in [2.24, 2.45) is 0 Å². The maximum Gasteiger partial charge on any atom is 0.244 e. The van der Waals surface area contributed by atoms with Crippen LogP contribution in [0.1, 0.15) is 18.4 Å². The van der Waals surface area contributed by atoms with Crippen molar-refractivity contribution in [3.63, 3.8) is 0 Å². The molecular formula is C14H16N2O. The van der Waals surface area contributed by atoms with Gasteiger partial charge < -0.3 is 4.90 Å². The summed E-state index contributed by atoms with van der Waals surface area (Å²) in [5, 5.41) is 9.11. The highest BCUT2D eigenvalue weighted by Crippen LogP contribution is 2.17. The van der Waals surface area contributed by atoms with Gasteiger partial charge in [0.2, 0.25) is 5.91 Å². The van der Waals surface area contributed by atoms with E-state index in [4.69, 9.17) is 5.26 Å². The summed E-state index contributed by atoms with van der Waals surface area (Å²) in [7, 11) is 1.68. The van der Waals surface area contributed by atoms with Crippen LogP contribution >= 0.6 is 0 Å². The Morgan fingerprint density at radius 3 is 2.53 bits per heavy atom. The fraction of sp³-hybridized carbons (Fsp3) is 0.286. The van der Waals surface area contributed by atoms with Gasteiger partial charge in [0.05, 0.1) is 6.07 Å². The summed E-state index contributed by atoms with van der Waals surface area (Å²) in [5.41, 5.74) is 1.62. The van der Waals surface area contributed by atoms with Gasteiger partial charge in [0, 0.05) is 13.6 Å². The van der Waals surface area contributed by atoms with E-state index in [2.05, 4.69) is 12.6 Å². The minimum absolute atomic E-state index is 0.193. The number of nitrogens with zero attached hydrogens (tertiary/aromatic N) is 2. The van der Waals surface area contributed by atoms with Gasteiger partial charge in [-0.1, -0.05) is 42.5 Å². The van der Waals surface area contributed by atoms with Gasteiger partial charge in [-0.25, -0.2) is 0 Å². The van der Waals surface area contributed by atoms with Crippen LogP contribution in [0.15, 0.2) is 42.5 Å². The Kier molecular flexibility index (Phi) is 4.47. The summed E-state index contributed by atoms with van der Waals surface area (Å²) in [4.78, 5) is 13.6. The minimum Gasteiger partial charge on any atom is -0.340 e. The Morgan fingerprint density at radius 2 is 2.06 bits per heavy atom. The molecule has 0 saturated heterocycles. The molecule has 3 heteroatoms. The number of hydrogen-bond acceptors (Lipinski definition) is 2. The summed E-state index contributed by atoms with van der Waals surface area (Å²) in [6.45, 7) is 6.09. The smallest absolute Gasteiger partial charge is 0.244 e. The molecule has 0 fully saturated rings. The van der Waals surface area contributed by atoms with Crippen molar-refractivity contribution in [3.8, 4) is 6.07 Å². The molecule has 0 saturated carbocycles. The average Bonchev–Trinajstić information content (AvgIpc) is 2.30. The number of likely N-dealkylation sites (N-methyl/N-ethyl adjacent to an activating group) is 1. The second kappa shape index (κ2) is 5.86. The maximum absolute atomic E-state index is 12.1. The topological polar surface area (TPSA) is 44.1 Å². The lowest BCUT2D eigenvalue weighted by Crippen LogP contribution is -2.32. The van der Waals surface area contributed by atoms with Crippen molar-refractivity contribution in [3.05, 3.63) is 48.0 Å². The monoisotopic (exact) mass is 228 g/mol. The highest BCUT2D eigenvalue weighted by molar-refractivity contribution is 5.86. The molecule has 3 nitrogen and oxygen atoms in total. The first-order valence-electron chi connectivity index (χ1n) is 5.40. The van der Waals surface area contributed by atoms with E-state index in [1.807, 2.05) is 25.1 Å². The highest BCUT2D eigenvalue weighted by Gasteiger charge is 2.23. The standard InChI is InChI=1S/C14H16N2O/c1-11(2)10-16(3)14(17)13(9-15)12-7-5-4-6-8-12/h4-8,13H,1,10H2,2-3H3. The molecule has 0 aromatic heterocycles. The molecule has 0 aliphatic carbocycles. The molecule has 17 heavy (non-hydrogen) atoms. The number of rotatable bonds is 4. The van der Waals surface area contributed by atoms with Crippen molar-refractivity contribution in [1.82, 2.24) is 4.90 Å². The Morgan fingerprint density at radius 1 is 1.47 bits per heavy atom. The van der Waals surface area contributed by atoms with Gasteiger partial charge in [-0.05, 0) is 12.5 Å². The predicted octanol–water partition coefficient (Wildman–Crippen LogP) is 2.33. The van der Waals surface area contributed by atoms with Crippen molar-refractivity contribution in [2.45, 2.75) is 12.8 Å². The first kappa shape index (κ1) is 13.0. The summed E-state index contributed by atoms with van der Waals surface area (Å²) < 4.78 is 0. The number of carbonyl (C=O) groups excluding carboxylic acids is 1. The zero-order valence-electron chi connectivity index (χ0n) is 10.2. The molecule has 1 aromatic rings. The maximum atomic E-state index is 12.1. The summed E-state index contributed by atoms with van der Waals surface area (Å²) in [6, 6.07) is 11.1. The second-order valence-electron chi connectivity index (χ2n) is 4.12. The zero-order chi connectivity index (χ0) is 12.8. The molecule has 0 radical (unpaired) electrons. The molecule has 1 rings (SSSR count). The quantitative estimate of drug-likeness (QED) is 0.742. The molecule has 0 heterocycles. The van der Waals surface area contributed by atoms with Crippen LogP contribution in [0.4, 0.5) is 0 Å². The molecule has 1 amide bonds. The lowest BCUT2D eigenvalue weighted by molar-refractivity contribution is -0.129. The number of benzene rings is 1. The van der Waals surface area contributed by atoms with Crippen LogP contribution in [0.2, 0.25) is 0 Å². The van der Waals surface area contributed by atoms with E-state index in [0.29, 0.717) is 6.54 Å². The molecule has 0 bridgehead atoms. The van der Waals surface area contributed by atoms with Crippen LogP contribution in [0.5, 0.6) is 0 Å². The Bertz CT molecular complexity index is 445. The van der Waals surface area contributed by atoms with Crippen LogP contribution in [-0.2, 0) is 4.79 Å². The SMILES string of the molecule is C=C(C)CN(C)C(=O)C(C#N)c1ccccc1. The highest BCUT2D eigenvalue weighted by atomic mass is 16.2. The van der Waals surface area contributed by atoms with Gasteiger partial charge in [0.25, 0.3) is 0 Å². The number of nitriles is 1. The molecule has 0 N–H and O–H groups in total. The van der Waals surface area contributed by atoms with Crippen molar-refractivity contribution < 1.29 is 4.79 Å². The molecule has 0 aliphatic heterocycles. The fourth-order valence-electron chi connectivity index (χ4n) is 1.62. The van der Waals surface area contributed by atoms with Gasteiger partial charge in [0.15, 0.2) is 0 Å².